The van der Waals surface area contributed by atoms with Crippen LogP contribution in [0.3, 0.4) is 0 Å². The lowest BCUT2D eigenvalue weighted by Gasteiger charge is -2.09. The molecule has 0 spiro atoms. The number of hydrogen-bond donors (Lipinski definition) is 2. The van der Waals surface area contributed by atoms with Crippen LogP contribution in [-0.4, -0.2) is 29.1 Å². The minimum absolute atomic E-state index is 0.00753. The first-order valence-electron chi connectivity index (χ1n) is 5.77. The third kappa shape index (κ3) is 5.42. The van der Waals surface area contributed by atoms with Gasteiger partial charge >= 0.3 is 0 Å². The Kier molecular flexibility index (Phi) is 6.75. The van der Waals surface area contributed by atoms with Gasteiger partial charge in [0.1, 0.15) is 0 Å². The molecule has 100 valence electrons. The third-order valence-corrected chi connectivity index (χ3v) is 4.55. The minimum atomic E-state index is -0.00753. The van der Waals surface area contributed by atoms with E-state index >= 15 is 0 Å². The van der Waals surface area contributed by atoms with E-state index in [1.807, 2.05) is 32.0 Å². The molecule has 0 aliphatic carbocycles. The minimum Gasteiger partial charge on any atom is -0.396 e. The number of carbonyl (C=O) groups is 1. The van der Waals surface area contributed by atoms with Crippen LogP contribution in [0.5, 0.6) is 0 Å². The summed E-state index contributed by atoms with van der Waals surface area (Å²) in [5.74, 6) is 1.44. The summed E-state index contributed by atoms with van der Waals surface area (Å²) in [5.41, 5.74) is 1.91. The van der Waals surface area contributed by atoms with Gasteiger partial charge in [-0.15, -0.1) is 0 Å². The SMILES string of the molecule is Cc1cc(NC(=O)CSCC(C)CO)ccc1Br. The Hall–Kier alpha value is -0.520. The summed E-state index contributed by atoms with van der Waals surface area (Å²) in [6.07, 6.45) is 0. The van der Waals surface area contributed by atoms with Crippen LogP contribution < -0.4 is 5.32 Å². The zero-order valence-electron chi connectivity index (χ0n) is 10.6. The Morgan fingerprint density at radius 2 is 2.28 bits per heavy atom. The number of benzene rings is 1. The van der Waals surface area contributed by atoms with E-state index in [1.54, 1.807) is 0 Å². The van der Waals surface area contributed by atoms with E-state index in [0.717, 1.165) is 21.5 Å². The number of thioether (sulfide) groups is 1. The monoisotopic (exact) mass is 331 g/mol. The Morgan fingerprint density at radius 1 is 1.56 bits per heavy atom. The third-order valence-electron chi connectivity index (χ3n) is 2.39. The van der Waals surface area contributed by atoms with Crippen molar-refractivity contribution in [1.29, 1.82) is 0 Å². The van der Waals surface area contributed by atoms with Gasteiger partial charge in [0.05, 0.1) is 5.75 Å². The van der Waals surface area contributed by atoms with Crippen molar-refractivity contribution < 1.29 is 9.90 Å². The van der Waals surface area contributed by atoms with Crippen molar-refractivity contribution >= 4 is 39.3 Å². The summed E-state index contributed by atoms with van der Waals surface area (Å²) in [4.78, 5) is 11.7. The zero-order chi connectivity index (χ0) is 13.5. The molecule has 5 heteroatoms. The van der Waals surface area contributed by atoms with Gasteiger partial charge in [-0.25, -0.2) is 0 Å². The van der Waals surface area contributed by atoms with E-state index in [0.29, 0.717) is 5.75 Å². The second-order valence-electron chi connectivity index (χ2n) is 4.32. The van der Waals surface area contributed by atoms with E-state index in [2.05, 4.69) is 21.2 Å². The maximum absolute atomic E-state index is 11.7. The number of carbonyl (C=O) groups excluding carboxylic acids is 1. The topological polar surface area (TPSA) is 49.3 Å². The largest absolute Gasteiger partial charge is 0.396 e. The number of rotatable bonds is 6. The van der Waals surface area contributed by atoms with Crippen LogP contribution in [0.1, 0.15) is 12.5 Å². The number of amides is 1. The van der Waals surface area contributed by atoms with Crippen LogP contribution in [0.15, 0.2) is 22.7 Å². The summed E-state index contributed by atoms with van der Waals surface area (Å²) in [7, 11) is 0. The highest BCUT2D eigenvalue weighted by Crippen LogP contribution is 2.20. The van der Waals surface area contributed by atoms with E-state index in [4.69, 9.17) is 5.11 Å². The molecule has 0 aliphatic rings. The molecule has 1 atom stereocenters. The standard InChI is InChI=1S/C13H18BrNO2S/c1-9(6-16)7-18-8-13(17)15-11-3-4-12(14)10(2)5-11/h3-5,9,16H,6-8H2,1-2H3,(H,15,17). The van der Waals surface area contributed by atoms with Gasteiger partial charge in [-0.05, 0) is 42.4 Å². The molecule has 0 aliphatic heterocycles. The van der Waals surface area contributed by atoms with Crippen molar-refractivity contribution in [2.24, 2.45) is 5.92 Å². The van der Waals surface area contributed by atoms with Gasteiger partial charge in [0.15, 0.2) is 0 Å². The predicted molar refractivity (Wildman–Crippen MR) is 81.1 cm³/mol. The highest BCUT2D eigenvalue weighted by molar-refractivity contribution is 9.10. The smallest absolute Gasteiger partial charge is 0.234 e. The molecule has 1 aromatic rings. The van der Waals surface area contributed by atoms with E-state index in [9.17, 15) is 4.79 Å². The molecule has 0 aromatic heterocycles. The number of aliphatic hydroxyl groups is 1. The highest BCUT2D eigenvalue weighted by Gasteiger charge is 2.06. The Labute approximate surface area is 120 Å². The number of aryl methyl sites for hydroxylation is 1. The summed E-state index contributed by atoms with van der Waals surface area (Å²) in [6.45, 7) is 4.11. The fourth-order valence-electron chi connectivity index (χ4n) is 1.33. The van der Waals surface area contributed by atoms with E-state index in [-0.39, 0.29) is 18.4 Å². The molecular formula is C13H18BrNO2S. The average Bonchev–Trinajstić information content (AvgIpc) is 2.33. The lowest BCUT2D eigenvalue weighted by atomic mass is 10.2. The molecule has 18 heavy (non-hydrogen) atoms. The van der Waals surface area contributed by atoms with Crippen LogP contribution in [0, 0.1) is 12.8 Å². The highest BCUT2D eigenvalue weighted by atomic mass is 79.9. The molecule has 0 bridgehead atoms. The molecule has 3 nitrogen and oxygen atoms in total. The van der Waals surface area contributed by atoms with Crippen LogP contribution in [0.25, 0.3) is 0 Å². The number of nitrogens with one attached hydrogen (secondary N) is 1. The maximum atomic E-state index is 11.7. The molecule has 0 saturated heterocycles. The molecule has 0 fully saturated rings. The fourth-order valence-corrected chi connectivity index (χ4v) is 2.45. The van der Waals surface area contributed by atoms with Crippen LogP contribution in [0.4, 0.5) is 5.69 Å². The summed E-state index contributed by atoms with van der Waals surface area (Å²) >= 11 is 4.96. The zero-order valence-corrected chi connectivity index (χ0v) is 13.0. The first-order chi connectivity index (χ1) is 8.52. The quantitative estimate of drug-likeness (QED) is 0.842. The number of anilines is 1. The van der Waals surface area contributed by atoms with Gasteiger partial charge in [-0.2, -0.15) is 11.8 Å². The van der Waals surface area contributed by atoms with Crippen molar-refractivity contribution in [1.82, 2.24) is 0 Å². The van der Waals surface area contributed by atoms with Crippen LogP contribution in [-0.2, 0) is 4.79 Å². The summed E-state index contributed by atoms with van der Waals surface area (Å²) < 4.78 is 1.03. The van der Waals surface area contributed by atoms with Crippen LogP contribution in [0.2, 0.25) is 0 Å². The van der Waals surface area contributed by atoms with Gasteiger partial charge in [0.25, 0.3) is 0 Å². The van der Waals surface area contributed by atoms with Gasteiger partial charge in [-0.1, -0.05) is 22.9 Å². The second-order valence-corrected chi connectivity index (χ2v) is 6.20. The predicted octanol–water partition coefficient (Wildman–Crippen LogP) is 3.06. The van der Waals surface area contributed by atoms with Crippen molar-refractivity contribution in [3.63, 3.8) is 0 Å². The molecule has 0 radical (unpaired) electrons. The maximum Gasteiger partial charge on any atom is 0.234 e. The number of aliphatic hydroxyl groups excluding tert-OH is 1. The number of halogens is 1. The van der Waals surface area contributed by atoms with Crippen molar-refractivity contribution in [2.45, 2.75) is 13.8 Å². The fraction of sp³-hybridized carbons (Fsp3) is 0.462. The molecule has 1 unspecified atom stereocenters. The molecule has 2 N–H and O–H groups in total. The van der Waals surface area contributed by atoms with Crippen molar-refractivity contribution in [3.05, 3.63) is 28.2 Å². The van der Waals surface area contributed by atoms with E-state index < -0.39 is 0 Å². The summed E-state index contributed by atoms with van der Waals surface area (Å²) in [5, 5.41) is 11.7. The van der Waals surface area contributed by atoms with Crippen molar-refractivity contribution in [2.75, 3.05) is 23.4 Å². The summed E-state index contributed by atoms with van der Waals surface area (Å²) in [6, 6.07) is 5.73. The van der Waals surface area contributed by atoms with Gasteiger partial charge in [0, 0.05) is 16.8 Å². The lowest BCUT2D eigenvalue weighted by Crippen LogP contribution is -2.15. The Morgan fingerprint density at radius 3 is 2.89 bits per heavy atom. The Bertz CT molecular complexity index is 412. The lowest BCUT2D eigenvalue weighted by molar-refractivity contribution is -0.113. The first kappa shape index (κ1) is 15.5. The van der Waals surface area contributed by atoms with E-state index in [1.165, 1.54) is 11.8 Å². The molecule has 1 aromatic carbocycles. The molecule has 0 saturated carbocycles. The van der Waals surface area contributed by atoms with Gasteiger partial charge in [0.2, 0.25) is 5.91 Å². The van der Waals surface area contributed by atoms with Crippen molar-refractivity contribution in [3.8, 4) is 0 Å². The molecule has 1 rings (SSSR count). The Balaban J connectivity index is 2.38. The molecule has 0 heterocycles. The van der Waals surface area contributed by atoms with Gasteiger partial charge < -0.3 is 10.4 Å². The van der Waals surface area contributed by atoms with Gasteiger partial charge in [-0.3, -0.25) is 4.79 Å². The second kappa shape index (κ2) is 7.81. The normalized spacial score (nSPS) is 12.2. The molecular weight excluding hydrogens is 314 g/mol. The average molecular weight is 332 g/mol. The number of hydrogen-bond acceptors (Lipinski definition) is 3. The molecule has 1 amide bonds. The first-order valence-corrected chi connectivity index (χ1v) is 7.72. The van der Waals surface area contributed by atoms with Crippen LogP contribution >= 0.6 is 27.7 Å².